The van der Waals surface area contributed by atoms with Gasteiger partial charge in [-0.3, -0.25) is 9.78 Å². The van der Waals surface area contributed by atoms with E-state index in [-0.39, 0.29) is 5.71 Å². The van der Waals surface area contributed by atoms with E-state index >= 15 is 0 Å². The van der Waals surface area contributed by atoms with Crippen molar-refractivity contribution in [1.82, 2.24) is 10.4 Å². The molecule has 1 amide bonds. The molecule has 1 aromatic heterocycles. The van der Waals surface area contributed by atoms with Crippen LogP contribution < -0.4 is 5.43 Å². The third-order valence-corrected chi connectivity index (χ3v) is 2.12. The molecule has 0 radical (unpaired) electrons. The molecule has 2 N–H and O–H groups in total. The Hall–Kier alpha value is -2.24. The summed E-state index contributed by atoms with van der Waals surface area (Å²) >= 11 is 0. The van der Waals surface area contributed by atoms with Crippen molar-refractivity contribution >= 4 is 17.6 Å². The van der Waals surface area contributed by atoms with Crippen molar-refractivity contribution in [3.63, 3.8) is 0 Å². The monoisotopic (exact) mass is 249 g/mol. The first-order valence-corrected chi connectivity index (χ1v) is 5.34. The number of carboxylic acids is 1. The van der Waals surface area contributed by atoms with Crippen LogP contribution in [0.5, 0.6) is 0 Å². The fourth-order valence-electron chi connectivity index (χ4n) is 1.21. The Kier molecular flexibility index (Phi) is 4.14. The number of pyridine rings is 1. The van der Waals surface area contributed by atoms with Crippen molar-refractivity contribution < 1.29 is 14.7 Å². The van der Waals surface area contributed by atoms with Crippen LogP contribution in [-0.2, 0) is 4.79 Å². The number of carbonyl (C=O) groups is 2. The second-order valence-corrected chi connectivity index (χ2v) is 4.69. The first kappa shape index (κ1) is 13.8. The normalized spacial score (nSPS) is 12.1. The third-order valence-electron chi connectivity index (χ3n) is 2.12. The molecule has 0 saturated heterocycles. The molecule has 1 heterocycles. The van der Waals surface area contributed by atoms with Crippen LogP contribution in [0.3, 0.4) is 0 Å². The Labute approximate surface area is 105 Å². The third kappa shape index (κ3) is 3.65. The zero-order chi connectivity index (χ0) is 13.8. The van der Waals surface area contributed by atoms with Crippen LogP contribution in [0.4, 0.5) is 0 Å². The van der Waals surface area contributed by atoms with Gasteiger partial charge in [-0.25, -0.2) is 10.2 Å². The van der Waals surface area contributed by atoms with Crippen molar-refractivity contribution in [3.05, 3.63) is 30.1 Å². The van der Waals surface area contributed by atoms with E-state index in [1.54, 1.807) is 20.8 Å². The Morgan fingerprint density at radius 1 is 1.28 bits per heavy atom. The Bertz CT molecular complexity index is 475. The zero-order valence-corrected chi connectivity index (χ0v) is 10.5. The average molecular weight is 249 g/mol. The highest BCUT2D eigenvalue weighted by molar-refractivity contribution is 6.37. The van der Waals surface area contributed by atoms with Crippen molar-refractivity contribution in [2.45, 2.75) is 20.8 Å². The van der Waals surface area contributed by atoms with Crippen LogP contribution in [0.1, 0.15) is 31.1 Å². The van der Waals surface area contributed by atoms with Crippen LogP contribution in [0.25, 0.3) is 0 Å². The van der Waals surface area contributed by atoms with Gasteiger partial charge >= 0.3 is 5.97 Å². The highest BCUT2D eigenvalue weighted by Gasteiger charge is 2.26. The molecule has 0 atom stereocenters. The maximum atomic E-state index is 11.7. The number of hydrogen-bond acceptors (Lipinski definition) is 4. The molecule has 18 heavy (non-hydrogen) atoms. The number of hydrogen-bond donors (Lipinski definition) is 2. The van der Waals surface area contributed by atoms with E-state index < -0.39 is 17.3 Å². The molecule has 0 aromatic carbocycles. The second-order valence-electron chi connectivity index (χ2n) is 4.69. The first-order chi connectivity index (χ1) is 8.32. The van der Waals surface area contributed by atoms with Gasteiger partial charge in [0, 0.05) is 23.4 Å². The molecule has 0 fully saturated rings. The van der Waals surface area contributed by atoms with Crippen LogP contribution >= 0.6 is 0 Å². The average Bonchev–Trinajstić information content (AvgIpc) is 2.28. The van der Waals surface area contributed by atoms with Gasteiger partial charge in [-0.2, -0.15) is 5.10 Å². The fraction of sp³-hybridized carbons (Fsp3) is 0.333. The summed E-state index contributed by atoms with van der Waals surface area (Å²) in [5, 5.41) is 12.7. The number of nitrogens with one attached hydrogen (secondary N) is 1. The number of amides is 1. The molecule has 0 saturated carbocycles. The van der Waals surface area contributed by atoms with E-state index in [9.17, 15) is 9.59 Å². The topological polar surface area (TPSA) is 91.7 Å². The maximum absolute atomic E-state index is 11.7. The molecule has 0 unspecified atom stereocenters. The van der Waals surface area contributed by atoms with Gasteiger partial charge in [0.15, 0.2) is 5.71 Å². The Morgan fingerprint density at radius 3 is 2.28 bits per heavy atom. The summed E-state index contributed by atoms with van der Waals surface area (Å²) in [6, 6.07) is 3.03. The minimum Gasteiger partial charge on any atom is -0.477 e. The molecule has 96 valence electrons. The molecule has 0 aliphatic rings. The highest BCUT2D eigenvalue weighted by atomic mass is 16.4. The van der Waals surface area contributed by atoms with Gasteiger partial charge in [-0.15, -0.1) is 0 Å². The minimum atomic E-state index is -1.16. The summed E-state index contributed by atoms with van der Waals surface area (Å²) in [5.41, 5.74) is 1.83. The standard InChI is InChI=1S/C12H15N3O3/c1-12(2,3)9(11(17)18)14-15-10(16)8-4-6-13-7-5-8/h4-7H,1-3H3,(H,15,16)(H,17,18)/b14-9+. The summed E-state index contributed by atoms with van der Waals surface area (Å²) in [7, 11) is 0. The van der Waals surface area contributed by atoms with Crippen molar-refractivity contribution in [2.75, 3.05) is 0 Å². The molecule has 1 rings (SSSR count). The molecule has 0 aliphatic heterocycles. The van der Waals surface area contributed by atoms with Crippen LogP contribution in [-0.4, -0.2) is 27.7 Å². The number of aliphatic carboxylic acids is 1. The molecule has 0 aliphatic carbocycles. The van der Waals surface area contributed by atoms with E-state index in [0.717, 1.165) is 0 Å². The highest BCUT2D eigenvalue weighted by Crippen LogP contribution is 2.15. The van der Waals surface area contributed by atoms with Crippen LogP contribution in [0.2, 0.25) is 0 Å². The van der Waals surface area contributed by atoms with Crippen molar-refractivity contribution in [1.29, 1.82) is 0 Å². The first-order valence-electron chi connectivity index (χ1n) is 5.34. The number of rotatable bonds is 3. The number of carboxylic acid groups (broad SMARTS) is 1. The van der Waals surface area contributed by atoms with E-state index in [1.165, 1.54) is 24.5 Å². The lowest BCUT2D eigenvalue weighted by Crippen LogP contribution is -2.32. The number of nitrogens with zero attached hydrogens (tertiary/aromatic N) is 2. The lowest BCUT2D eigenvalue weighted by Gasteiger charge is -2.17. The minimum absolute atomic E-state index is 0.107. The fourth-order valence-corrected chi connectivity index (χ4v) is 1.21. The van der Waals surface area contributed by atoms with Gasteiger partial charge < -0.3 is 5.11 Å². The van der Waals surface area contributed by atoms with E-state index in [1.807, 2.05) is 0 Å². The lowest BCUT2D eigenvalue weighted by atomic mass is 9.90. The Morgan fingerprint density at radius 2 is 1.83 bits per heavy atom. The molecule has 0 spiro atoms. The van der Waals surface area contributed by atoms with Crippen LogP contribution in [0.15, 0.2) is 29.6 Å². The second kappa shape index (κ2) is 5.39. The van der Waals surface area contributed by atoms with Gasteiger partial charge in [-0.1, -0.05) is 20.8 Å². The molecule has 6 nitrogen and oxygen atoms in total. The number of hydrazone groups is 1. The van der Waals surface area contributed by atoms with Crippen molar-refractivity contribution in [2.24, 2.45) is 10.5 Å². The quantitative estimate of drug-likeness (QED) is 0.623. The SMILES string of the molecule is CC(C)(C)/C(=N/NC(=O)c1ccncc1)C(=O)O. The lowest BCUT2D eigenvalue weighted by molar-refractivity contribution is -0.129. The van der Waals surface area contributed by atoms with E-state index in [2.05, 4.69) is 15.5 Å². The summed E-state index contributed by atoms with van der Waals surface area (Å²) in [6.45, 7) is 5.12. The molecule has 6 heteroatoms. The van der Waals surface area contributed by atoms with Gasteiger partial charge in [0.05, 0.1) is 0 Å². The molecular weight excluding hydrogens is 234 g/mol. The van der Waals surface area contributed by atoms with Gasteiger partial charge in [-0.05, 0) is 12.1 Å². The smallest absolute Gasteiger partial charge is 0.352 e. The maximum Gasteiger partial charge on any atom is 0.352 e. The van der Waals surface area contributed by atoms with E-state index in [0.29, 0.717) is 5.56 Å². The number of carbonyl (C=O) groups excluding carboxylic acids is 1. The largest absolute Gasteiger partial charge is 0.477 e. The van der Waals surface area contributed by atoms with Gasteiger partial charge in [0.2, 0.25) is 0 Å². The predicted octanol–water partition coefficient (Wildman–Crippen LogP) is 1.30. The van der Waals surface area contributed by atoms with E-state index in [4.69, 9.17) is 5.11 Å². The zero-order valence-electron chi connectivity index (χ0n) is 10.5. The molecular formula is C12H15N3O3. The summed E-state index contributed by atoms with van der Waals surface area (Å²) in [6.07, 6.45) is 2.95. The molecule has 1 aromatic rings. The predicted molar refractivity (Wildman–Crippen MR) is 66.2 cm³/mol. The van der Waals surface area contributed by atoms with Gasteiger partial charge in [0.1, 0.15) is 0 Å². The summed E-state index contributed by atoms with van der Waals surface area (Å²) in [5.74, 6) is -1.63. The van der Waals surface area contributed by atoms with Crippen LogP contribution in [0, 0.1) is 5.41 Å². The molecule has 0 bridgehead atoms. The van der Waals surface area contributed by atoms with Gasteiger partial charge in [0.25, 0.3) is 5.91 Å². The van der Waals surface area contributed by atoms with Crippen molar-refractivity contribution in [3.8, 4) is 0 Å². The summed E-state index contributed by atoms with van der Waals surface area (Å²) < 4.78 is 0. The summed E-state index contributed by atoms with van der Waals surface area (Å²) in [4.78, 5) is 26.4. The number of aromatic nitrogens is 1. The Balaban J connectivity index is 2.85.